The molecule has 0 aliphatic carbocycles. The van der Waals surface area contributed by atoms with Crippen molar-refractivity contribution in [3.05, 3.63) is 38.3 Å². The van der Waals surface area contributed by atoms with Crippen LogP contribution in [-0.4, -0.2) is 29.6 Å². The second-order valence-electron chi connectivity index (χ2n) is 4.80. The average Bonchev–Trinajstić information content (AvgIpc) is 2.38. The maximum Gasteiger partial charge on any atom is 0.284 e. The van der Waals surface area contributed by atoms with E-state index in [1.807, 2.05) is 6.92 Å². The monoisotopic (exact) mass is 342 g/mol. The Morgan fingerprint density at radius 2 is 2.30 bits per heavy atom. The number of nitro benzene ring substituents is 1. The van der Waals surface area contributed by atoms with Crippen molar-refractivity contribution in [1.29, 1.82) is 0 Å². The Bertz CT molecular complexity index is 535. The van der Waals surface area contributed by atoms with Gasteiger partial charge in [-0.15, -0.1) is 0 Å². The molecule has 2 unspecified atom stereocenters. The van der Waals surface area contributed by atoms with Crippen LogP contribution in [0.2, 0.25) is 0 Å². The number of nitrogens with zero attached hydrogens (tertiary/aromatic N) is 1. The molecule has 2 rings (SSSR count). The van der Waals surface area contributed by atoms with Crippen LogP contribution in [0.25, 0.3) is 0 Å². The summed E-state index contributed by atoms with van der Waals surface area (Å²) in [5, 5.41) is 13.8. The van der Waals surface area contributed by atoms with E-state index < -0.39 is 4.92 Å². The Morgan fingerprint density at radius 1 is 1.55 bits per heavy atom. The number of nitrogens with one attached hydrogen (secondary N) is 1. The average molecular weight is 343 g/mol. The Morgan fingerprint density at radius 3 is 2.95 bits per heavy atom. The normalized spacial score (nSPS) is 22.3. The van der Waals surface area contributed by atoms with Crippen LogP contribution < -0.4 is 5.32 Å². The lowest BCUT2D eigenvalue weighted by Crippen LogP contribution is -2.41. The number of nitro groups is 1. The van der Waals surface area contributed by atoms with Crippen molar-refractivity contribution >= 4 is 27.5 Å². The van der Waals surface area contributed by atoms with Gasteiger partial charge in [0.1, 0.15) is 0 Å². The summed E-state index contributed by atoms with van der Waals surface area (Å²) in [5.74, 6) is -0.292. The molecule has 1 aliphatic heterocycles. The quantitative estimate of drug-likeness (QED) is 0.676. The summed E-state index contributed by atoms with van der Waals surface area (Å²) in [6.07, 6.45) is 1.63. The number of carbonyl (C=O) groups excluding carboxylic acids is 1. The number of hydrogen-bond acceptors (Lipinski definition) is 4. The van der Waals surface area contributed by atoms with Crippen molar-refractivity contribution in [1.82, 2.24) is 5.32 Å². The molecule has 108 valence electrons. The third-order valence-corrected chi connectivity index (χ3v) is 3.90. The topological polar surface area (TPSA) is 81.5 Å². The van der Waals surface area contributed by atoms with Crippen molar-refractivity contribution in [3.63, 3.8) is 0 Å². The molecule has 1 fully saturated rings. The van der Waals surface area contributed by atoms with Crippen LogP contribution in [0.5, 0.6) is 0 Å². The Kier molecular flexibility index (Phi) is 4.72. The first-order chi connectivity index (χ1) is 9.47. The van der Waals surface area contributed by atoms with Crippen LogP contribution in [0, 0.1) is 10.1 Å². The van der Waals surface area contributed by atoms with Gasteiger partial charge in [0.15, 0.2) is 0 Å². The zero-order valence-electron chi connectivity index (χ0n) is 11.0. The van der Waals surface area contributed by atoms with Crippen LogP contribution in [-0.2, 0) is 4.74 Å². The van der Waals surface area contributed by atoms with Crippen LogP contribution >= 0.6 is 15.9 Å². The summed E-state index contributed by atoms with van der Waals surface area (Å²) in [7, 11) is 0. The minimum absolute atomic E-state index is 0.0500. The molecule has 20 heavy (non-hydrogen) atoms. The van der Waals surface area contributed by atoms with Gasteiger partial charge < -0.3 is 10.1 Å². The van der Waals surface area contributed by atoms with Crippen molar-refractivity contribution in [3.8, 4) is 0 Å². The largest absolute Gasteiger partial charge is 0.378 e. The van der Waals surface area contributed by atoms with Crippen molar-refractivity contribution in [2.24, 2.45) is 0 Å². The first-order valence-corrected chi connectivity index (χ1v) is 7.13. The predicted octanol–water partition coefficient (Wildman–Crippen LogP) is 2.65. The highest BCUT2D eigenvalue weighted by molar-refractivity contribution is 9.10. The van der Waals surface area contributed by atoms with E-state index in [-0.39, 0.29) is 23.7 Å². The van der Waals surface area contributed by atoms with Crippen molar-refractivity contribution in [2.75, 3.05) is 6.61 Å². The van der Waals surface area contributed by atoms with E-state index in [1.165, 1.54) is 12.1 Å². The molecule has 0 aromatic heterocycles. The fourth-order valence-corrected chi connectivity index (χ4v) is 2.58. The van der Waals surface area contributed by atoms with E-state index >= 15 is 0 Å². The van der Waals surface area contributed by atoms with Gasteiger partial charge in [-0.05, 0) is 47.8 Å². The predicted molar refractivity (Wildman–Crippen MR) is 76.7 cm³/mol. The smallest absolute Gasteiger partial charge is 0.284 e. The summed E-state index contributed by atoms with van der Waals surface area (Å²) >= 11 is 3.10. The van der Waals surface area contributed by atoms with E-state index in [0.717, 1.165) is 12.8 Å². The van der Waals surface area contributed by atoms with Gasteiger partial charge in [-0.1, -0.05) is 0 Å². The zero-order chi connectivity index (χ0) is 14.7. The second kappa shape index (κ2) is 6.32. The molecule has 1 amide bonds. The summed E-state index contributed by atoms with van der Waals surface area (Å²) < 4.78 is 5.77. The van der Waals surface area contributed by atoms with Crippen LogP contribution in [0.1, 0.15) is 30.1 Å². The lowest BCUT2D eigenvalue weighted by Gasteiger charge is -2.27. The number of hydrogen-bond donors (Lipinski definition) is 1. The second-order valence-corrected chi connectivity index (χ2v) is 5.65. The van der Waals surface area contributed by atoms with E-state index in [2.05, 4.69) is 21.2 Å². The molecule has 1 N–H and O–H groups in total. The maximum absolute atomic E-state index is 12.1. The van der Waals surface area contributed by atoms with E-state index in [0.29, 0.717) is 16.6 Å². The lowest BCUT2D eigenvalue weighted by atomic mass is 10.0. The number of amides is 1. The molecule has 0 radical (unpaired) electrons. The fraction of sp³-hybridized carbons (Fsp3) is 0.462. The van der Waals surface area contributed by atoms with E-state index in [9.17, 15) is 14.9 Å². The number of rotatable bonds is 3. The molecule has 1 aromatic carbocycles. The van der Waals surface area contributed by atoms with Gasteiger partial charge in [0.05, 0.1) is 15.5 Å². The number of carbonyl (C=O) groups is 1. The van der Waals surface area contributed by atoms with Gasteiger partial charge in [0, 0.05) is 24.3 Å². The van der Waals surface area contributed by atoms with Crippen LogP contribution in [0.3, 0.4) is 0 Å². The minimum Gasteiger partial charge on any atom is -0.378 e. The zero-order valence-corrected chi connectivity index (χ0v) is 12.6. The lowest BCUT2D eigenvalue weighted by molar-refractivity contribution is -0.385. The molecule has 1 aromatic rings. The molecule has 6 nitrogen and oxygen atoms in total. The first-order valence-electron chi connectivity index (χ1n) is 6.34. The van der Waals surface area contributed by atoms with Crippen LogP contribution in [0.15, 0.2) is 22.7 Å². The Hall–Kier alpha value is -1.47. The molecular formula is C13H15BrN2O4. The van der Waals surface area contributed by atoms with Crippen LogP contribution in [0.4, 0.5) is 5.69 Å². The van der Waals surface area contributed by atoms with Crippen molar-refractivity contribution in [2.45, 2.75) is 31.9 Å². The summed E-state index contributed by atoms with van der Waals surface area (Å²) in [6, 6.07) is 4.41. The number of ether oxygens (including phenoxy) is 1. The summed E-state index contributed by atoms with van der Waals surface area (Å²) in [6.45, 7) is 2.58. The molecule has 7 heteroatoms. The maximum atomic E-state index is 12.1. The third kappa shape index (κ3) is 3.55. The molecule has 1 aliphatic rings. The highest BCUT2D eigenvalue weighted by Crippen LogP contribution is 2.25. The highest BCUT2D eigenvalue weighted by atomic mass is 79.9. The van der Waals surface area contributed by atoms with E-state index in [1.54, 1.807) is 6.07 Å². The van der Waals surface area contributed by atoms with Gasteiger partial charge in [0.2, 0.25) is 0 Å². The van der Waals surface area contributed by atoms with Gasteiger partial charge in [-0.2, -0.15) is 0 Å². The first kappa shape index (κ1) is 14.9. The van der Waals surface area contributed by atoms with Gasteiger partial charge in [-0.25, -0.2) is 0 Å². The van der Waals surface area contributed by atoms with E-state index in [4.69, 9.17) is 4.74 Å². The Balaban J connectivity index is 2.09. The van der Waals surface area contributed by atoms with Gasteiger partial charge in [-0.3, -0.25) is 14.9 Å². The molecule has 1 heterocycles. The molecular weight excluding hydrogens is 328 g/mol. The standard InChI is InChI=1S/C13H15BrN2O4/c1-8-6-10(4-5-20-8)15-13(17)9-2-3-11(14)12(7-9)16(18)19/h2-3,7-8,10H,4-6H2,1H3,(H,15,17). The Labute approximate surface area is 124 Å². The SMILES string of the molecule is CC1CC(NC(=O)c2ccc(Br)c([N+](=O)[O-])c2)CCO1. The van der Waals surface area contributed by atoms with Crippen molar-refractivity contribution < 1.29 is 14.5 Å². The van der Waals surface area contributed by atoms with Gasteiger partial charge >= 0.3 is 0 Å². The number of benzene rings is 1. The third-order valence-electron chi connectivity index (χ3n) is 3.23. The summed E-state index contributed by atoms with van der Waals surface area (Å²) in [4.78, 5) is 22.5. The molecule has 1 saturated heterocycles. The molecule has 0 bridgehead atoms. The molecule has 0 spiro atoms. The molecule has 2 atom stereocenters. The fourth-order valence-electron chi connectivity index (χ4n) is 2.19. The molecule has 0 saturated carbocycles. The highest BCUT2D eigenvalue weighted by Gasteiger charge is 2.22. The number of halogens is 1. The minimum atomic E-state index is -0.516. The van der Waals surface area contributed by atoms with Gasteiger partial charge in [0.25, 0.3) is 11.6 Å². The summed E-state index contributed by atoms with van der Waals surface area (Å²) in [5.41, 5.74) is 0.178.